The van der Waals surface area contributed by atoms with Gasteiger partial charge < -0.3 is 19.5 Å². The first-order valence-corrected chi connectivity index (χ1v) is 8.51. The quantitative estimate of drug-likeness (QED) is 0.617. The van der Waals surface area contributed by atoms with Gasteiger partial charge in [-0.1, -0.05) is 6.07 Å². The number of methoxy groups -OCH3 is 2. The Balaban J connectivity index is 1.57. The third kappa shape index (κ3) is 4.20. The molecule has 0 radical (unpaired) electrons. The lowest BCUT2D eigenvalue weighted by atomic mass is 10.2. The van der Waals surface area contributed by atoms with Crippen LogP contribution in [0.4, 0.5) is 0 Å². The summed E-state index contributed by atoms with van der Waals surface area (Å²) in [6.45, 7) is 1.77. The summed E-state index contributed by atoms with van der Waals surface area (Å²) in [7, 11) is 3.09. The van der Waals surface area contributed by atoms with Crippen LogP contribution in [0.1, 0.15) is 22.8 Å². The molecule has 1 amide bonds. The van der Waals surface area contributed by atoms with Gasteiger partial charge in [-0.15, -0.1) is 10.2 Å². The van der Waals surface area contributed by atoms with Crippen molar-refractivity contribution in [2.75, 3.05) is 14.2 Å². The number of fused-ring (bicyclic) bond motifs is 1. The molecule has 0 bridgehead atoms. The fourth-order valence-corrected chi connectivity index (χ4v) is 2.55. The van der Waals surface area contributed by atoms with Gasteiger partial charge in [-0.05, 0) is 36.8 Å². The Morgan fingerprint density at radius 1 is 1.14 bits per heavy atom. The number of benzene rings is 1. The number of hydrogen-bond donors (Lipinski definition) is 1. The number of esters is 1. The minimum Gasteiger partial charge on any atom is -0.493 e. The average Bonchev–Trinajstić information content (AvgIpc) is 3.19. The first-order chi connectivity index (χ1) is 13.5. The molecule has 0 aliphatic heterocycles. The van der Waals surface area contributed by atoms with E-state index in [-0.39, 0.29) is 6.54 Å². The molecule has 0 saturated carbocycles. The second kappa shape index (κ2) is 8.38. The van der Waals surface area contributed by atoms with Crippen molar-refractivity contribution in [1.82, 2.24) is 19.9 Å². The molecule has 0 saturated heterocycles. The number of rotatable bonds is 7. The van der Waals surface area contributed by atoms with Crippen LogP contribution < -0.4 is 14.8 Å². The van der Waals surface area contributed by atoms with Crippen molar-refractivity contribution in [3.63, 3.8) is 0 Å². The molecule has 146 valence electrons. The topological polar surface area (TPSA) is 104 Å². The largest absolute Gasteiger partial charge is 0.493 e. The molecule has 28 heavy (non-hydrogen) atoms. The third-order valence-corrected chi connectivity index (χ3v) is 4.09. The molecule has 9 nitrogen and oxygen atoms in total. The molecule has 2 aromatic heterocycles. The number of nitrogens with zero attached hydrogens (tertiary/aromatic N) is 3. The van der Waals surface area contributed by atoms with Gasteiger partial charge in [-0.25, -0.2) is 4.79 Å². The average molecular weight is 384 g/mol. The molecular formula is C19H20N4O5. The first kappa shape index (κ1) is 19.2. The van der Waals surface area contributed by atoms with Crippen LogP contribution in [-0.2, 0) is 16.1 Å². The van der Waals surface area contributed by atoms with Gasteiger partial charge in [0, 0.05) is 12.7 Å². The Hall–Kier alpha value is -3.62. The van der Waals surface area contributed by atoms with Crippen LogP contribution in [-0.4, -0.2) is 46.8 Å². The third-order valence-electron chi connectivity index (χ3n) is 4.09. The summed E-state index contributed by atoms with van der Waals surface area (Å²) in [6, 6.07) is 8.55. The lowest BCUT2D eigenvalue weighted by molar-refractivity contribution is -0.129. The minimum atomic E-state index is -0.954. The minimum absolute atomic E-state index is 0.258. The number of carbonyl (C=O) groups excluding carboxylic acids is 2. The fourth-order valence-electron chi connectivity index (χ4n) is 2.55. The number of aromatic nitrogens is 3. The summed E-state index contributed by atoms with van der Waals surface area (Å²) in [6.07, 6.45) is 2.07. The van der Waals surface area contributed by atoms with Crippen LogP contribution in [0, 0.1) is 0 Å². The van der Waals surface area contributed by atoms with Crippen molar-refractivity contribution in [2.45, 2.75) is 19.6 Å². The standard InChI is InChI=1S/C19H20N4O5/c1-12(28-19(25)14-5-7-17-22-21-11-23(17)10-14)18(24)20-9-13-4-6-15(26-2)16(8-13)27-3/h4-8,10-12H,9H2,1-3H3,(H,20,24). The van der Waals surface area contributed by atoms with E-state index in [9.17, 15) is 9.59 Å². The summed E-state index contributed by atoms with van der Waals surface area (Å²) in [4.78, 5) is 24.5. The highest BCUT2D eigenvalue weighted by atomic mass is 16.5. The zero-order chi connectivity index (χ0) is 20.1. The molecular weight excluding hydrogens is 364 g/mol. The molecule has 0 fully saturated rings. The van der Waals surface area contributed by atoms with Gasteiger partial charge in [-0.3, -0.25) is 9.20 Å². The lowest BCUT2D eigenvalue weighted by Crippen LogP contribution is -2.35. The van der Waals surface area contributed by atoms with Gasteiger partial charge >= 0.3 is 5.97 Å². The Labute approximate surface area is 161 Å². The molecule has 3 aromatic rings. The van der Waals surface area contributed by atoms with Crippen LogP contribution in [0.3, 0.4) is 0 Å². The van der Waals surface area contributed by atoms with E-state index in [2.05, 4.69) is 15.5 Å². The Kier molecular flexibility index (Phi) is 5.73. The number of pyridine rings is 1. The van der Waals surface area contributed by atoms with Crippen LogP contribution in [0.15, 0.2) is 42.9 Å². The molecule has 0 aliphatic rings. The Morgan fingerprint density at radius 2 is 1.93 bits per heavy atom. The van der Waals surface area contributed by atoms with E-state index in [0.717, 1.165) is 5.56 Å². The zero-order valence-corrected chi connectivity index (χ0v) is 15.7. The van der Waals surface area contributed by atoms with Gasteiger partial charge in [0.2, 0.25) is 0 Å². The highest BCUT2D eigenvalue weighted by molar-refractivity contribution is 5.92. The Morgan fingerprint density at radius 3 is 2.68 bits per heavy atom. The molecule has 3 rings (SSSR count). The maximum atomic E-state index is 12.3. The number of ether oxygens (including phenoxy) is 3. The molecule has 1 atom stereocenters. The lowest BCUT2D eigenvalue weighted by Gasteiger charge is -2.14. The van der Waals surface area contributed by atoms with E-state index in [1.807, 2.05) is 6.07 Å². The van der Waals surface area contributed by atoms with Crippen molar-refractivity contribution in [3.8, 4) is 11.5 Å². The molecule has 1 aromatic carbocycles. The van der Waals surface area contributed by atoms with E-state index >= 15 is 0 Å². The maximum Gasteiger partial charge on any atom is 0.340 e. The van der Waals surface area contributed by atoms with Crippen molar-refractivity contribution in [3.05, 3.63) is 54.0 Å². The normalized spacial score (nSPS) is 11.7. The summed E-state index contributed by atoms with van der Waals surface area (Å²) < 4.78 is 17.3. The number of carbonyl (C=O) groups is 2. The van der Waals surface area contributed by atoms with Crippen LogP contribution in [0.5, 0.6) is 11.5 Å². The maximum absolute atomic E-state index is 12.3. The van der Waals surface area contributed by atoms with Crippen molar-refractivity contribution in [1.29, 1.82) is 0 Å². The number of nitrogens with one attached hydrogen (secondary N) is 1. The van der Waals surface area contributed by atoms with Crippen LogP contribution in [0.25, 0.3) is 5.65 Å². The van der Waals surface area contributed by atoms with E-state index < -0.39 is 18.0 Å². The second-order valence-electron chi connectivity index (χ2n) is 5.97. The van der Waals surface area contributed by atoms with Crippen molar-refractivity contribution >= 4 is 17.5 Å². The molecule has 9 heteroatoms. The molecule has 0 aliphatic carbocycles. The second-order valence-corrected chi connectivity index (χ2v) is 5.97. The van der Waals surface area contributed by atoms with Gasteiger partial charge in [0.1, 0.15) is 6.33 Å². The Bertz CT molecular complexity index is 1000. The van der Waals surface area contributed by atoms with Crippen molar-refractivity contribution in [2.24, 2.45) is 0 Å². The fraction of sp³-hybridized carbons (Fsp3) is 0.263. The van der Waals surface area contributed by atoms with Gasteiger partial charge in [0.25, 0.3) is 5.91 Å². The number of hydrogen-bond acceptors (Lipinski definition) is 7. The summed E-state index contributed by atoms with van der Waals surface area (Å²) in [5.41, 5.74) is 1.73. The van der Waals surface area contributed by atoms with Crippen LogP contribution >= 0.6 is 0 Å². The summed E-state index contributed by atoms with van der Waals surface area (Å²) in [5.74, 6) is 0.154. The SMILES string of the molecule is COc1ccc(CNC(=O)C(C)OC(=O)c2ccc3nncn3c2)cc1OC. The zero-order valence-electron chi connectivity index (χ0n) is 15.7. The van der Waals surface area contributed by atoms with E-state index in [4.69, 9.17) is 14.2 Å². The summed E-state index contributed by atoms with van der Waals surface area (Å²) in [5, 5.41) is 10.3. The monoisotopic (exact) mass is 384 g/mol. The summed E-state index contributed by atoms with van der Waals surface area (Å²) >= 11 is 0. The predicted molar refractivity (Wildman–Crippen MR) is 99.3 cm³/mol. The predicted octanol–water partition coefficient (Wildman–Crippen LogP) is 1.61. The number of amides is 1. The van der Waals surface area contributed by atoms with Crippen LogP contribution in [0.2, 0.25) is 0 Å². The van der Waals surface area contributed by atoms with E-state index in [0.29, 0.717) is 22.7 Å². The van der Waals surface area contributed by atoms with Gasteiger partial charge in [0.15, 0.2) is 23.3 Å². The first-order valence-electron chi connectivity index (χ1n) is 8.51. The highest BCUT2D eigenvalue weighted by Crippen LogP contribution is 2.27. The van der Waals surface area contributed by atoms with E-state index in [1.54, 1.807) is 49.1 Å². The molecule has 2 heterocycles. The highest BCUT2D eigenvalue weighted by Gasteiger charge is 2.19. The van der Waals surface area contributed by atoms with Gasteiger partial charge in [0.05, 0.1) is 19.8 Å². The molecule has 1 unspecified atom stereocenters. The van der Waals surface area contributed by atoms with Crippen molar-refractivity contribution < 1.29 is 23.8 Å². The molecule has 0 spiro atoms. The van der Waals surface area contributed by atoms with E-state index in [1.165, 1.54) is 13.3 Å². The molecule has 1 N–H and O–H groups in total. The smallest absolute Gasteiger partial charge is 0.340 e. The van der Waals surface area contributed by atoms with Gasteiger partial charge in [-0.2, -0.15) is 0 Å².